The van der Waals surface area contributed by atoms with Crippen molar-refractivity contribution in [2.24, 2.45) is 0 Å². The van der Waals surface area contributed by atoms with Crippen LogP contribution in [0.4, 0.5) is 5.69 Å². The number of carbonyl (C=O) groups is 2. The molecule has 0 spiro atoms. The number of anilines is 1. The molecule has 1 saturated heterocycles. The van der Waals surface area contributed by atoms with Crippen molar-refractivity contribution >= 4 is 28.4 Å². The number of aromatic amines is 1. The van der Waals surface area contributed by atoms with Gasteiger partial charge in [-0.15, -0.1) is 0 Å². The van der Waals surface area contributed by atoms with Gasteiger partial charge in [0.15, 0.2) is 5.76 Å². The number of nitrogens with zero attached hydrogens (tertiary/aromatic N) is 2. The van der Waals surface area contributed by atoms with Crippen molar-refractivity contribution < 1.29 is 14.0 Å². The highest BCUT2D eigenvalue weighted by Crippen LogP contribution is 2.25. The van der Waals surface area contributed by atoms with Gasteiger partial charge < -0.3 is 14.6 Å². The normalized spacial score (nSPS) is 14.0. The molecule has 1 aliphatic heterocycles. The van der Waals surface area contributed by atoms with Crippen LogP contribution in [0.3, 0.4) is 0 Å². The van der Waals surface area contributed by atoms with E-state index >= 15 is 0 Å². The Morgan fingerprint density at radius 3 is 2.74 bits per heavy atom. The Morgan fingerprint density at radius 1 is 1.00 bits per heavy atom. The number of hydrogen-bond donors (Lipinski definition) is 2. The molecule has 0 saturated carbocycles. The number of aromatic nitrogens is 2. The summed E-state index contributed by atoms with van der Waals surface area (Å²) in [7, 11) is 0. The molecule has 2 N–H and O–H groups in total. The largest absolute Gasteiger partial charge is 0.451 e. The highest BCUT2D eigenvalue weighted by Gasteiger charge is 2.21. The fraction of sp³-hybridized carbons (Fsp3) is 0.208. The molecular formula is C24H22N4O3. The summed E-state index contributed by atoms with van der Waals surface area (Å²) < 4.78 is 5.84. The topological polar surface area (TPSA) is 91.2 Å². The van der Waals surface area contributed by atoms with Crippen molar-refractivity contribution in [1.29, 1.82) is 0 Å². The fourth-order valence-electron chi connectivity index (χ4n) is 3.90. The number of nitrogens with one attached hydrogen (secondary N) is 2. The number of likely N-dealkylation sites (tertiary alicyclic amines) is 1. The molecule has 4 aromatic rings. The second kappa shape index (κ2) is 8.10. The molecule has 0 radical (unpaired) electrons. The van der Waals surface area contributed by atoms with Crippen molar-refractivity contribution in [2.45, 2.75) is 19.3 Å². The van der Waals surface area contributed by atoms with E-state index in [1.54, 1.807) is 36.5 Å². The minimum atomic E-state index is -0.221. The summed E-state index contributed by atoms with van der Waals surface area (Å²) in [6, 6.07) is 16.2. The Morgan fingerprint density at radius 2 is 1.87 bits per heavy atom. The highest BCUT2D eigenvalue weighted by atomic mass is 16.4. The van der Waals surface area contributed by atoms with Crippen LogP contribution in [0.2, 0.25) is 0 Å². The van der Waals surface area contributed by atoms with E-state index in [0.29, 0.717) is 22.8 Å². The van der Waals surface area contributed by atoms with Crippen LogP contribution in [0.5, 0.6) is 0 Å². The second-order valence-corrected chi connectivity index (χ2v) is 7.72. The molecule has 2 aromatic heterocycles. The Kier molecular flexibility index (Phi) is 5.00. The van der Waals surface area contributed by atoms with E-state index in [1.165, 1.54) is 0 Å². The van der Waals surface area contributed by atoms with E-state index < -0.39 is 0 Å². The third kappa shape index (κ3) is 3.94. The number of furan rings is 1. The molecule has 7 heteroatoms. The minimum Gasteiger partial charge on any atom is -0.451 e. The first-order valence-electron chi connectivity index (χ1n) is 10.4. The van der Waals surface area contributed by atoms with Crippen LogP contribution in [-0.4, -0.2) is 40.0 Å². The molecule has 1 aliphatic rings. The summed E-state index contributed by atoms with van der Waals surface area (Å²) >= 11 is 0. The van der Waals surface area contributed by atoms with Crippen LogP contribution >= 0.6 is 0 Å². The van der Waals surface area contributed by atoms with Gasteiger partial charge in [-0.2, -0.15) is 5.10 Å². The van der Waals surface area contributed by atoms with Crippen molar-refractivity contribution in [2.75, 3.05) is 18.4 Å². The number of piperidine rings is 1. The highest BCUT2D eigenvalue weighted by molar-refractivity contribution is 6.05. The lowest BCUT2D eigenvalue weighted by atomic mass is 10.1. The van der Waals surface area contributed by atoms with E-state index in [4.69, 9.17) is 4.42 Å². The average Bonchev–Trinajstić information content (AvgIpc) is 3.49. The van der Waals surface area contributed by atoms with Crippen LogP contribution in [0.1, 0.15) is 40.2 Å². The average molecular weight is 414 g/mol. The number of rotatable bonds is 4. The first kappa shape index (κ1) is 19.1. The second-order valence-electron chi connectivity index (χ2n) is 7.72. The quantitative estimate of drug-likeness (QED) is 0.506. The Labute approximate surface area is 179 Å². The summed E-state index contributed by atoms with van der Waals surface area (Å²) in [6.07, 6.45) is 4.94. The van der Waals surface area contributed by atoms with Gasteiger partial charge in [0.25, 0.3) is 11.8 Å². The van der Waals surface area contributed by atoms with E-state index in [2.05, 4.69) is 15.5 Å². The lowest BCUT2D eigenvalue weighted by Gasteiger charge is -2.25. The number of hydrogen-bond acceptors (Lipinski definition) is 4. The Hall–Kier alpha value is -3.87. The summed E-state index contributed by atoms with van der Waals surface area (Å²) in [5.74, 6) is 0.602. The number of fused-ring (bicyclic) bond motifs is 1. The van der Waals surface area contributed by atoms with Crippen LogP contribution in [0, 0.1) is 0 Å². The molecule has 0 bridgehead atoms. The summed E-state index contributed by atoms with van der Waals surface area (Å²) in [5.41, 5.74) is 2.85. The lowest BCUT2D eigenvalue weighted by Crippen LogP contribution is -2.35. The first-order chi connectivity index (χ1) is 15.2. The molecule has 7 nitrogen and oxygen atoms in total. The predicted octanol–water partition coefficient (Wildman–Crippen LogP) is 4.70. The van der Waals surface area contributed by atoms with Gasteiger partial charge in [-0.05, 0) is 61.7 Å². The van der Waals surface area contributed by atoms with E-state index in [0.717, 1.165) is 48.8 Å². The molecular weight excluding hydrogens is 392 g/mol. The Balaban J connectivity index is 1.33. The Bertz CT molecular complexity index is 1250. The van der Waals surface area contributed by atoms with Crippen LogP contribution in [-0.2, 0) is 0 Å². The standard InChI is InChI=1S/C24H22N4O3/c29-23(26-19-7-8-20-18(14-19)15-25-27-20)17-6-4-5-16(13-17)21-9-10-22(31-21)24(30)28-11-2-1-3-12-28/h4-10,13-15H,1-3,11-12H2,(H,25,27)(H,26,29). The number of carbonyl (C=O) groups excluding carboxylic acids is 2. The van der Waals surface area contributed by atoms with Gasteiger partial charge in [-0.25, -0.2) is 0 Å². The maximum absolute atomic E-state index is 12.8. The molecule has 156 valence electrons. The van der Waals surface area contributed by atoms with Gasteiger partial charge in [-0.1, -0.05) is 12.1 Å². The van der Waals surface area contributed by atoms with Gasteiger partial charge in [0.2, 0.25) is 0 Å². The molecule has 0 atom stereocenters. The van der Waals surface area contributed by atoms with E-state index in [9.17, 15) is 9.59 Å². The van der Waals surface area contributed by atoms with Gasteiger partial charge in [0, 0.05) is 35.3 Å². The zero-order chi connectivity index (χ0) is 21.2. The summed E-state index contributed by atoms with van der Waals surface area (Å²) in [4.78, 5) is 27.3. The number of amides is 2. The molecule has 2 aromatic carbocycles. The zero-order valence-electron chi connectivity index (χ0n) is 16.9. The smallest absolute Gasteiger partial charge is 0.289 e. The van der Waals surface area contributed by atoms with E-state index in [1.807, 2.05) is 29.2 Å². The van der Waals surface area contributed by atoms with Gasteiger partial charge in [-0.3, -0.25) is 14.7 Å². The molecule has 31 heavy (non-hydrogen) atoms. The monoisotopic (exact) mass is 414 g/mol. The van der Waals surface area contributed by atoms with Crippen LogP contribution in [0.15, 0.2) is 65.2 Å². The molecule has 0 unspecified atom stereocenters. The number of benzene rings is 2. The van der Waals surface area contributed by atoms with Gasteiger partial charge >= 0.3 is 0 Å². The maximum Gasteiger partial charge on any atom is 0.289 e. The zero-order valence-corrected chi connectivity index (χ0v) is 16.9. The van der Waals surface area contributed by atoms with Crippen molar-refractivity contribution in [3.63, 3.8) is 0 Å². The molecule has 5 rings (SSSR count). The van der Waals surface area contributed by atoms with Gasteiger partial charge in [0.05, 0.1) is 11.7 Å². The molecule has 1 fully saturated rings. The molecule has 2 amide bonds. The third-order valence-corrected chi connectivity index (χ3v) is 5.57. The predicted molar refractivity (Wildman–Crippen MR) is 118 cm³/mol. The fourth-order valence-corrected chi connectivity index (χ4v) is 3.90. The summed E-state index contributed by atoms with van der Waals surface area (Å²) in [6.45, 7) is 1.55. The van der Waals surface area contributed by atoms with Gasteiger partial charge in [0.1, 0.15) is 5.76 Å². The third-order valence-electron chi connectivity index (χ3n) is 5.57. The maximum atomic E-state index is 12.8. The van der Waals surface area contributed by atoms with Crippen molar-refractivity contribution in [3.05, 3.63) is 72.1 Å². The number of H-pyrrole nitrogens is 1. The molecule has 3 heterocycles. The van der Waals surface area contributed by atoms with Crippen LogP contribution in [0.25, 0.3) is 22.2 Å². The lowest BCUT2D eigenvalue weighted by molar-refractivity contribution is 0.0693. The van der Waals surface area contributed by atoms with Crippen LogP contribution < -0.4 is 5.32 Å². The van der Waals surface area contributed by atoms with E-state index in [-0.39, 0.29) is 11.8 Å². The van der Waals surface area contributed by atoms with Crippen molar-refractivity contribution in [1.82, 2.24) is 15.1 Å². The first-order valence-corrected chi connectivity index (χ1v) is 10.4. The summed E-state index contributed by atoms with van der Waals surface area (Å²) in [5, 5.41) is 10.7. The SMILES string of the molecule is O=C(Nc1ccc2[nH]ncc2c1)c1cccc(-c2ccc(C(=O)N3CCCCC3)o2)c1. The minimum absolute atomic E-state index is 0.0745. The van der Waals surface area contributed by atoms with Crippen molar-refractivity contribution in [3.8, 4) is 11.3 Å². The molecule has 0 aliphatic carbocycles.